The molecule has 3 aromatic heterocycles. The van der Waals surface area contributed by atoms with E-state index < -0.39 is 0 Å². The maximum atomic E-state index is 12.5. The number of fused-ring (bicyclic) bond motifs is 1. The number of carbonyl (C=O) groups excluding carboxylic acids is 1. The van der Waals surface area contributed by atoms with Crippen LogP contribution >= 0.6 is 0 Å². The highest BCUT2D eigenvalue weighted by Gasteiger charge is 2.24. The summed E-state index contributed by atoms with van der Waals surface area (Å²) in [6.07, 6.45) is 7.55. The van der Waals surface area contributed by atoms with E-state index >= 15 is 0 Å². The second-order valence-electron chi connectivity index (χ2n) is 7.18. The summed E-state index contributed by atoms with van der Waals surface area (Å²) >= 11 is 0. The molecule has 0 atom stereocenters. The minimum Gasteiger partial charge on any atom is -0.343 e. The number of rotatable bonds is 4. The van der Waals surface area contributed by atoms with E-state index in [1.807, 2.05) is 40.9 Å². The molecule has 0 aliphatic carbocycles. The molecule has 1 aliphatic heterocycles. The number of hydrogen-bond acceptors (Lipinski definition) is 4. The van der Waals surface area contributed by atoms with Gasteiger partial charge in [-0.15, -0.1) is 0 Å². The molecule has 1 saturated heterocycles. The van der Waals surface area contributed by atoms with Crippen LogP contribution in [0.4, 0.5) is 0 Å². The monoisotopic (exact) mass is 365 g/mol. The van der Waals surface area contributed by atoms with Gasteiger partial charge in [0, 0.05) is 55.4 Å². The molecule has 27 heavy (non-hydrogen) atoms. The Morgan fingerprint density at radius 1 is 1.33 bits per heavy atom. The number of aromatic nitrogens is 4. The number of H-pyrrole nitrogens is 1. The minimum atomic E-state index is -0.142. The average Bonchev–Trinajstić information content (AvgIpc) is 3.11. The van der Waals surface area contributed by atoms with Gasteiger partial charge in [0.2, 0.25) is 5.91 Å². The number of nitrogens with zero attached hydrogens (tertiary/aromatic N) is 4. The Morgan fingerprint density at radius 3 is 2.89 bits per heavy atom. The standard InChI is InChI=1S/C20H23N5O2/c1-14-12-22-25(13-14)10-6-18(26)24-8-4-15(5-9-24)17-11-16-3-2-7-21-19(16)20(27)23-17/h2-3,7,11-13,15H,4-6,8-10H2,1H3,(H,23,27). The molecule has 0 saturated carbocycles. The van der Waals surface area contributed by atoms with E-state index in [1.165, 1.54) is 0 Å². The van der Waals surface area contributed by atoms with Crippen LogP contribution in [0.3, 0.4) is 0 Å². The van der Waals surface area contributed by atoms with Gasteiger partial charge in [-0.1, -0.05) is 6.07 Å². The SMILES string of the molecule is Cc1cnn(CCC(=O)N2CCC(c3cc4cccnc4c(=O)[nH]3)CC2)c1. The van der Waals surface area contributed by atoms with Gasteiger partial charge in [-0.2, -0.15) is 5.10 Å². The third kappa shape index (κ3) is 3.77. The first-order chi connectivity index (χ1) is 13.1. The van der Waals surface area contributed by atoms with E-state index in [4.69, 9.17) is 0 Å². The Hall–Kier alpha value is -2.96. The molecule has 1 aliphatic rings. The third-order valence-electron chi connectivity index (χ3n) is 5.23. The number of amides is 1. The van der Waals surface area contributed by atoms with Crippen LogP contribution in [0.5, 0.6) is 0 Å². The second kappa shape index (κ2) is 7.34. The van der Waals surface area contributed by atoms with Crippen molar-refractivity contribution in [3.05, 3.63) is 58.4 Å². The summed E-state index contributed by atoms with van der Waals surface area (Å²) in [5.74, 6) is 0.429. The second-order valence-corrected chi connectivity index (χ2v) is 7.18. The quantitative estimate of drug-likeness (QED) is 0.768. The average molecular weight is 365 g/mol. The number of aromatic amines is 1. The molecule has 4 rings (SSSR count). The van der Waals surface area contributed by atoms with Crippen molar-refractivity contribution < 1.29 is 4.79 Å². The van der Waals surface area contributed by atoms with Gasteiger partial charge in [-0.25, -0.2) is 0 Å². The van der Waals surface area contributed by atoms with E-state index in [0.717, 1.165) is 42.6 Å². The van der Waals surface area contributed by atoms with Crippen molar-refractivity contribution in [2.24, 2.45) is 0 Å². The van der Waals surface area contributed by atoms with Crippen LogP contribution in [0, 0.1) is 6.92 Å². The maximum absolute atomic E-state index is 12.5. The van der Waals surface area contributed by atoms with Crippen molar-refractivity contribution in [2.45, 2.75) is 38.6 Å². The van der Waals surface area contributed by atoms with Crippen LogP contribution in [0.1, 0.15) is 36.4 Å². The summed E-state index contributed by atoms with van der Waals surface area (Å²) in [6, 6.07) is 5.77. The fourth-order valence-electron chi connectivity index (χ4n) is 3.74. The highest BCUT2D eigenvalue weighted by atomic mass is 16.2. The summed E-state index contributed by atoms with van der Waals surface area (Å²) in [5.41, 5.74) is 2.38. The lowest BCUT2D eigenvalue weighted by molar-refractivity contribution is -0.132. The zero-order chi connectivity index (χ0) is 18.8. The van der Waals surface area contributed by atoms with Crippen molar-refractivity contribution in [2.75, 3.05) is 13.1 Å². The zero-order valence-electron chi connectivity index (χ0n) is 15.4. The van der Waals surface area contributed by atoms with Gasteiger partial charge in [0.05, 0.1) is 6.20 Å². The Kier molecular flexibility index (Phi) is 4.75. The van der Waals surface area contributed by atoms with Gasteiger partial charge < -0.3 is 9.88 Å². The lowest BCUT2D eigenvalue weighted by Gasteiger charge is -2.32. The number of carbonyl (C=O) groups is 1. The normalized spacial score (nSPS) is 15.4. The fraction of sp³-hybridized carbons (Fsp3) is 0.400. The van der Waals surface area contributed by atoms with Crippen LogP contribution in [0.15, 0.2) is 41.6 Å². The summed E-state index contributed by atoms with van der Waals surface area (Å²) in [6.45, 7) is 4.03. The first kappa shape index (κ1) is 17.5. The van der Waals surface area contributed by atoms with Gasteiger partial charge in [0.1, 0.15) is 5.52 Å². The predicted molar refractivity (Wildman–Crippen MR) is 102 cm³/mol. The number of pyridine rings is 2. The first-order valence-corrected chi connectivity index (χ1v) is 9.35. The van der Waals surface area contributed by atoms with Gasteiger partial charge in [0.15, 0.2) is 0 Å². The Balaban J connectivity index is 1.37. The van der Waals surface area contributed by atoms with Crippen molar-refractivity contribution in [3.63, 3.8) is 0 Å². The van der Waals surface area contributed by atoms with Gasteiger partial charge in [-0.05, 0) is 37.5 Å². The molecule has 3 aromatic rings. The highest BCUT2D eigenvalue weighted by molar-refractivity contribution is 5.78. The van der Waals surface area contributed by atoms with Crippen LogP contribution in [-0.2, 0) is 11.3 Å². The van der Waals surface area contributed by atoms with Crippen LogP contribution in [0.2, 0.25) is 0 Å². The lowest BCUT2D eigenvalue weighted by atomic mass is 9.92. The van der Waals surface area contributed by atoms with E-state index in [0.29, 0.717) is 18.5 Å². The molecule has 0 bridgehead atoms. The van der Waals surface area contributed by atoms with E-state index in [-0.39, 0.29) is 17.4 Å². The summed E-state index contributed by atoms with van der Waals surface area (Å²) < 4.78 is 1.81. The number of hydrogen-bond donors (Lipinski definition) is 1. The Bertz CT molecular complexity index is 1010. The summed E-state index contributed by atoms with van der Waals surface area (Å²) in [5, 5.41) is 5.09. The van der Waals surface area contributed by atoms with Gasteiger partial charge in [-0.3, -0.25) is 19.3 Å². The highest BCUT2D eigenvalue weighted by Crippen LogP contribution is 2.27. The molecule has 140 valence electrons. The largest absolute Gasteiger partial charge is 0.343 e. The van der Waals surface area contributed by atoms with Crippen molar-refractivity contribution in [1.29, 1.82) is 0 Å². The Morgan fingerprint density at radius 2 is 2.15 bits per heavy atom. The molecule has 1 fully saturated rings. The smallest absolute Gasteiger partial charge is 0.274 e. The third-order valence-corrected chi connectivity index (χ3v) is 5.23. The zero-order valence-corrected chi connectivity index (χ0v) is 15.4. The summed E-state index contributed by atoms with van der Waals surface area (Å²) in [7, 11) is 0. The molecule has 0 radical (unpaired) electrons. The van der Waals surface area contributed by atoms with Gasteiger partial charge >= 0.3 is 0 Å². The van der Waals surface area contributed by atoms with Crippen LogP contribution in [-0.4, -0.2) is 43.6 Å². The molecule has 0 unspecified atom stereocenters. The number of likely N-dealkylation sites (tertiary alicyclic amines) is 1. The molecular formula is C20H23N5O2. The molecule has 1 amide bonds. The maximum Gasteiger partial charge on any atom is 0.274 e. The minimum absolute atomic E-state index is 0.142. The lowest BCUT2D eigenvalue weighted by Crippen LogP contribution is -2.38. The summed E-state index contributed by atoms with van der Waals surface area (Å²) in [4.78, 5) is 33.8. The van der Waals surface area contributed by atoms with E-state index in [9.17, 15) is 9.59 Å². The number of nitrogens with one attached hydrogen (secondary N) is 1. The Labute approximate surface area is 157 Å². The molecule has 7 heteroatoms. The number of aryl methyl sites for hydroxylation is 2. The molecular weight excluding hydrogens is 342 g/mol. The topological polar surface area (TPSA) is 83.9 Å². The molecule has 0 aromatic carbocycles. The van der Waals surface area contributed by atoms with Gasteiger partial charge in [0.25, 0.3) is 5.56 Å². The van der Waals surface area contributed by atoms with E-state index in [1.54, 1.807) is 12.4 Å². The van der Waals surface area contributed by atoms with Crippen molar-refractivity contribution in [1.82, 2.24) is 24.6 Å². The molecule has 7 nitrogen and oxygen atoms in total. The molecule has 0 spiro atoms. The van der Waals surface area contributed by atoms with Crippen molar-refractivity contribution in [3.8, 4) is 0 Å². The first-order valence-electron chi connectivity index (χ1n) is 9.35. The van der Waals surface area contributed by atoms with E-state index in [2.05, 4.69) is 15.1 Å². The van der Waals surface area contributed by atoms with Crippen LogP contribution < -0.4 is 5.56 Å². The molecule has 1 N–H and O–H groups in total. The van der Waals surface area contributed by atoms with Crippen molar-refractivity contribution >= 4 is 16.8 Å². The number of piperidine rings is 1. The molecule has 4 heterocycles. The van der Waals surface area contributed by atoms with Crippen LogP contribution in [0.25, 0.3) is 10.9 Å². The predicted octanol–water partition coefficient (Wildman–Crippen LogP) is 2.22. The fourth-order valence-corrected chi connectivity index (χ4v) is 3.74.